The van der Waals surface area contributed by atoms with Gasteiger partial charge in [0.05, 0.1) is 0 Å². The van der Waals surface area contributed by atoms with Gasteiger partial charge in [-0.15, -0.1) is 0 Å². The van der Waals surface area contributed by atoms with Crippen LogP contribution in [0.3, 0.4) is 0 Å². The van der Waals surface area contributed by atoms with Crippen molar-refractivity contribution < 1.29 is 0 Å². The van der Waals surface area contributed by atoms with Crippen LogP contribution in [0.1, 0.15) is 20.3 Å². The first kappa shape index (κ1) is 12.8. The van der Waals surface area contributed by atoms with Crippen LogP contribution in [0.25, 0.3) is 5.82 Å². The van der Waals surface area contributed by atoms with Gasteiger partial charge in [-0.2, -0.15) is 0 Å². The largest absolute Gasteiger partial charge is 0.372 e. The van der Waals surface area contributed by atoms with Gasteiger partial charge in [-0.05, 0) is 26.1 Å². The average Bonchev–Trinajstić information content (AvgIpc) is 2.82. The van der Waals surface area contributed by atoms with E-state index in [9.17, 15) is 0 Å². The summed E-state index contributed by atoms with van der Waals surface area (Å²) in [4.78, 5) is 6.40. The third kappa shape index (κ3) is 4.06. The fourth-order valence-electron chi connectivity index (χ4n) is 1.59. The topological polar surface area (TPSA) is 33.1 Å². The van der Waals surface area contributed by atoms with E-state index in [4.69, 9.17) is 0 Å². The summed E-state index contributed by atoms with van der Waals surface area (Å²) in [5, 5.41) is 3.29. The molecule has 90 valence electrons. The van der Waals surface area contributed by atoms with Crippen molar-refractivity contribution in [2.45, 2.75) is 20.3 Å². The smallest absolute Gasteiger partial charge is 0.103 e. The second kappa shape index (κ2) is 7.06. The molecule has 0 amide bonds. The highest BCUT2D eigenvalue weighted by molar-refractivity contribution is 5.37. The Labute approximate surface area is 98.0 Å². The minimum Gasteiger partial charge on any atom is -0.372 e. The lowest BCUT2D eigenvalue weighted by molar-refractivity contribution is 0.300. The summed E-state index contributed by atoms with van der Waals surface area (Å²) in [6.45, 7) is 12.7. The molecule has 4 heteroatoms. The molecule has 0 spiro atoms. The zero-order valence-corrected chi connectivity index (χ0v) is 10.3. The number of rotatable bonds is 8. The first-order valence-corrected chi connectivity index (χ1v) is 5.91. The lowest BCUT2D eigenvalue weighted by Gasteiger charge is -2.18. The first-order valence-electron chi connectivity index (χ1n) is 5.91. The summed E-state index contributed by atoms with van der Waals surface area (Å²) in [5.41, 5.74) is 0. The molecule has 1 aromatic rings. The Bertz CT molecular complexity index is 288. The molecule has 0 aromatic carbocycles. The SMILES string of the molecule is C=C(NCCCN(CC)CC)n1ccnc1. The van der Waals surface area contributed by atoms with Crippen LogP contribution in [0.2, 0.25) is 0 Å². The van der Waals surface area contributed by atoms with Crippen LogP contribution in [0, 0.1) is 0 Å². The lowest BCUT2D eigenvalue weighted by atomic mass is 10.3. The van der Waals surface area contributed by atoms with E-state index in [1.807, 2.05) is 10.8 Å². The van der Waals surface area contributed by atoms with E-state index in [0.717, 1.165) is 38.4 Å². The van der Waals surface area contributed by atoms with Crippen LogP contribution in [0.15, 0.2) is 25.3 Å². The number of hydrogen-bond donors (Lipinski definition) is 1. The van der Waals surface area contributed by atoms with Gasteiger partial charge < -0.3 is 10.2 Å². The van der Waals surface area contributed by atoms with Crippen molar-refractivity contribution in [2.24, 2.45) is 0 Å². The Balaban J connectivity index is 2.14. The van der Waals surface area contributed by atoms with Gasteiger partial charge in [0.15, 0.2) is 0 Å². The molecule has 1 rings (SSSR count). The Morgan fingerprint density at radius 2 is 2.19 bits per heavy atom. The van der Waals surface area contributed by atoms with Gasteiger partial charge in [0.1, 0.15) is 12.1 Å². The Kier molecular flexibility index (Phi) is 5.64. The normalized spacial score (nSPS) is 10.7. The third-order valence-electron chi connectivity index (χ3n) is 2.69. The Hall–Kier alpha value is -1.29. The minimum atomic E-state index is 0.886. The fourth-order valence-corrected chi connectivity index (χ4v) is 1.59. The molecule has 1 heterocycles. The minimum absolute atomic E-state index is 0.886. The monoisotopic (exact) mass is 222 g/mol. The molecule has 0 aliphatic rings. The summed E-state index contributed by atoms with van der Waals surface area (Å²) < 4.78 is 1.89. The van der Waals surface area contributed by atoms with Gasteiger partial charge in [-0.1, -0.05) is 20.4 Å². The van der Waals surface area contributed by atoms with Crippen molar-refractivity contribution in [3.05, 3.63) is 25.3 Å². The zero-order valence-electron chi connectivity index (χ0n) is 10.3. The van der Waals surface area contributed by atoms with Gasteiger partial charge in [-0.3, -0.25) is 4.57 Å². The van der Waals surface area contributed by atoms with Crippen LogP contribution in [-0.4, -0.2) is 40.6 Å². The molecule has 0 radical (unpaired) electrons. The number of hydrogen-bond acceptors (Lipinski definition) is 3. The molecule has 1 N–H and O–H groups in total. The fraction of sp³-hybridized carbons (Fsp3) is 0.583. The Morgan fingerprint density at radius 1 is 1.44 bits per heavy atom. The van der Waals surface area contributed by atoms with Crippen LogP contribution in [0.5, 0.6) is 0 Å². The number of nitrogens with one attached hydrogen (secondary N) is 1. The van der Waals surface area contributed by atoms with E-state index >= 15 is 0 Å². The number of aromatic nitrogens is 2. The summed E-state index contributed by atoms with van der Waals surface area (Å²) in [6.07, 6.45) is 6.53. The van der Waals surface area contributed by atoms with Crippen molar-refractivity contribution in [1.82, 2.24) is 19.8 Å². The summed E-state index contributed by atoms with van der Waals surface area (Å²) in [7, 11) is 0. The van der Waals surface area contributed by atoms with Gasteiger partial charge in [0, 0.05) is 18.9 Å². The van der Waals surface area contributed by atoms with Crippen LogP contribution < -0.4 is 5.32 Å². The molecule has 0 unspecified atom stereocenters. The van der Waals surface area contributed by atoms with E-state index in [2.05, 4.69) is 35.6 Å². The van der Waals surface area contributed by atoms with E-state index in [1.165, 1.54) is 0 Å². The van der Waals surface area contributed by atoms with Crippen LogP contribution in [0.4, 0.5) is 0 Å². The zero-order chi connectivity index (χ0) is 11.8. The van der Waals surface area contributed by atoms with Gasteiger partial charge in [0.25, 0.3) is 0 Å². The molecule has 0 bridgehead atoms. The maximum atomic E-state index is 3.98. The Morgan fingerprint density at radius 3 is 2.75 bits per heavy atom. The highest BCUT2D eigenvalue weighted by Crippen LogP contribution is 1.96. The standard InChI is InChI=1S/C12H22N4/c1-4-15(5-2)9-6-7-14-12(3)16-10-8-13-11-16/h8,10-11,14H,3-7,9H2,1-2H3. The average molecular weight is 222 g/mol. The predicted octanol–water partition coefficient (Wildman–Crippen LogP) is 1.63. The molecular formula is C12H22N4. The van der Waals surface area contributed by atoms with Crippen LogP contribution >= 0.6 is 0 Å². The molecule has 0 saturated heterocycles. The quantitative estimate of drug-likeness (QED) is 0.679. The first-order chi connectivity index (χ1) is 7.77. The molecule has 0 saturated carbocycles. The second-order valence-electron chi connectivity index (χ2n) is 3.72. The maximum absolute atomic E-state index is 3.98. The highest BCUT2D eigenvalue weighted by atomic mass is 15.2. The maximum Gasteiger partial charge on any atom is 0.103 e. The van der Waals surface area contributed by atoms with Crippen molar-refractivity contribution in [1.29, 1.82) is 0 Å². The van der Waals surface area contributed by atoms with Crippen molar-refractivity contribution >= 4 is 5.82 Å². The van der Waals surface area contributed by atoms with Crippen molar-refractivity contribution in [3.63, 3.8) is 0 Å². The molecule has 0 atom stereocenters. The molecule has 1 aromatic heterocycles. The van der Waals surface area contributed by atoms with E-state index in [-0.39, 0.29) is 0 Å². The summed E-state index contributed by atoms with van der Waals surface area (Å²) in [6, 6.07) is 0. The lowest BCUT2D eigenvalue weighted by Crippen LogP contribution is -2.27. The third-order valence-corrected chi connectivity index (χ3v) is 2.69. The van der Waals surface area contributed by atoms with Crippen molar-refractivity contribution in [3.8, 4) is 0 Å². The van der Waals surface area contributed by atoms with E-state index in [1.54, 1.807) is 12.5 Å². The summed E-state index contributed by atoms with van der Waals surface area (Å²) in [5.74, 6) is 0.886. The number of imidazole rings is 1. The van der Waals surface area contributed by atoms with E-state index in [0.29, 0.717) is 0 Å². The van der Waals surface area contributed by atoms with Gasteiger partial charge in [0.2, 0.25) is 0 Å². The van der Waals surface area contributed by atoms with Crippen LogP contribution in [-0.2, 0) is 0 Å². The van der Waals surface area contributed by atoms with E-state index < -0.39 is 0 Å². The molecular weight excluding hydrogens is 200 g/mol. The van der Waals surface area contributed by atoms with Crippen molar-refractivity contribution in [2.75, 3.05) is 26.2 Å². The molecule has 0 aliphatic heterocycles. The highest BCUT2D eigenvalue weighted by Gasteiger charge is 1.99. The predicted molar refractivity (Wildman–Crippen MR) is 68.0 cm³/mol. The van der Waals surface area contributed by atoms with Gasteiger partial charge >= 0.3 is 0 Å². The molecule has 16 heavy (non-hydrogen) atoms. The molecule has 0 aliphatic carbocycles. The molecule has 4 nitrogen and oxygen atoms in total. The number of nitrogens with zero attached hydrogens (tertiary/aromatic N) is 3. The second-order valence-corrected chi connectivity index (χ2v) is 3.72. The molecule has 0 fully saturated rings. The van der Waals surface area contributed by atoms with Gasteiger partial charge in [-0.25, -0.2) is 4.98 Å². The summed E-state index contributed by atoms with van der Waals surface area (Å²) >= 11 is 0.